The van der Waals surface area contributed by atoms with Gasteiger partial charge in [0.05, 0.1) is 5.02 Å². The van der Waals surface area contributed by atoms with Crippen LogP contribution in [0.4, 0.5) is 0 Å². The normalized spacial score (nSPS) is 11.3. The minimum atomic E-state index is -0.333. The Hall–Kier alpha value is -2.33. The fourth-order valence-corrected chi connectivity index (χ4v) is 3.74. The monoisotopic (exact) mass is 384 g/mol. The number of benzene rings is 3. The Morgan fingerprint density at radius 3 is 2.54 bits per heavy atom. The maximum absolute atomic E-state index is 11.9. The van der Waals surface area contributed by atoms with Gasteiger partial charge < -0.3 is 9.73 Å². The fourth-order valence-electron chi connectivity index (χ4n) is 3.25. The molecule has 1 heterocycles. The van der Waals surface area contributed by atoms with E-state index in [1.807, 2.05) is 36.4 Å². The summed E-state index contributed by atoms with van der Waals surface area (Å²) in [7, 11) is 0. The molecule has 26 heavy (non-hydrogen) atoms. The van der Waals surface area contributed by atoms with Crippen LogP contribution in [0.25, 0.3) is 21.7 Å². The highest BCUT2D eigenvalue weighted by atomic mass is 35.5. The maximum atomic E-state index is 11.9. The van der Waals surface area contributed by atoms with Gasteiger partial charge in [0.15, 0.2) is 0 Å². The van der Waals surface area contributed by atoms with E-state index < -0.39 is 0 Å². The van der Waals surface area contributed by atoms with Crippen LogP contribution in [0.15, 0.2) is 69.9 Å². The zero-order chi connectivity index (χ0) is 18.1. The van der Waals surface area contributed by atoms with Gasteiger partial charge in [-0.1, -0.05) is 59.6 Å². The third kappa shape index (κ3) is 3.34. The van der Waals surface area contributed by atoms with Crippen molar-refractivity contribution in [3.05, 3.63) is 92.3 Å². The first kappa shape index (κ1) is 17.1. The summed E-state index contributed by atoms with van der Waals surface area (Å²) < 4.78 is 5.40. The van der Waals surface area contributed by atoms with Crippen LogP contribution in [0.5, 0.6) is 0 Å². The van der Waals surface area contributed by atoms with Gasteiger partial charge in [0, 0.05) is 27.6 Å². The van der Waals surface area contributed by atoms with Crippen LogP contribution in [0.3, 0.4) is 0 Å². The molecule has 0 amide bonds. The number of halogens is 2. The Morgan fingerprint density at radius 1 is 0.885 bits per heavy atom. The van der Waals surface area contributed by atoms with Crippen LogP contribution in [-0.4, -0.2) is 0 Å². The van der Waals surface area contributed by atoms with Crippen molar-refractivity contribution in [2.45, 2.75) is 13.1 Å². The van der Waals surface area contributed by atoms with Gasteiger partial charge in [-0.25, -0.2) is 4.79 Å². The second-order valence-electron chi connectivity index (χ2n) is 6.18. The molecule has 0 aliphatic heterocycles. The lowest BCUT2D eigenvalue weighted by molar-refractivity contribution is -0.686. The molecule has 0 bridgehead atoms. The highest BCUT2D eigenvalue weighted by Crippen LogP contribution is 2.27. The van der Waals surface area contributed by atoms with Crippen LogP contribution >= 0.6 is 23.2 Å². The van der Waals surface area contributed by atoms with Gasteiger partial charge in [0.25, 0.3) is 0 Å². The van der Waals surface area contributed by atoms with Gasteiger partial charge in [-0.3, -0.25) is 0 Å². The van der Waals surface area contributed by atoms with E-state index in [2.05, 4.69) is 17.4 Å². The summed E-state index contributed by atoms with van der Waals surface area (Å²) in [5.74, 6) is 0. The topological polar surface area (TPSA) is 46.8 Å². The van der Waals surface area contributed by atoms with Gasteiger partial charge in [0.2, 0.25) is 0 Å². The van der Waals surface area contributed by atoms with Gasteiger partial charge in [-0.15, -0.1) is 0 Å². The molecule has 5 heteroatoms. The fraction of sp³-hybridized carbons (Fsp3) is 0.0952. The molecular weight excluding hydrogens is 369 g/mol. The van der Waals surface area contributed by atoms with Crippen molar-refractivity contribution in [3.63, 3.8) is 0 Å². The number of nitrogens with two attached hydrogens (primary N) is 1. The van der Waals surface area contributed by atoms with Crippen molar-refractivity contribution in [1.29, 1.82) is 0 Å². The third-order valence-corrected chi connectivity index (χ3v) is 5.05. The molecule has 0 saturated carbocycles. The van der Waals surface area contributed by atoms with E-state index in [0.717, 1.165) is 27.3 Å². The van der Waals surface area contributed by atoms with E-state index in [4.69, 9.17) is 27.6 Å². The van der Waals surface area contributed by atoms with Crippen molar-refractivity contribution >= 4 is 44.9 Å². The van der Waals surface area contributed by atoms with Crippen LogP contribution < -0.4 is 10.9 Å². The molecule has 1 aromatic heterocycles. The highest BCUT2D eigenvalue weighted by Gasteiger charge is 2.11. The van der Waals surface area contributed by atoms with Crippen molar-refractivity contribution in [1.82, 2.24) is 0 Å². The molecule has 0 aliphatic carbocycles. The lowest BCUT2D eigenvalue weighted by atomic mass is 10.0. The molecular formula is C21H16Cl2NO2+. The average molecular weight is 385 g/mol. The molecule has 0 atom stereocenters. The summed E-state index contributed by atoms with van der Waals surface area (Å²) in [6.07, 6.45) is 0. The quantitative estimate of drug-likeness (QED) is 0.415. The van der Waals surface area contributed by atoms with Crippen molar-refractivity contribution in [3.8, 4) is 0 Å². The molecule has 0 saturated heterocycles. The van der Waals surface area contributed by atoms with E-state index in [-0.39, 0.29) is 5.63 Å². The lowest BCUT2D eigenvalue weighted by Gasteiger charge is -2.09. The van der Waals surface area contributed by atoms with E-state index in [0.29, 0.717) is 28.7 Å². The smallest absolute Gasteiger partial charge is 0.336 e. The van der Waals surface area contributed by atoms with Crippen LogP contribution in [0, 0.1) is 0 Å². The first-order valence-electron chi connectivity index (χ1n) is 8.32. The lowest BCUT2D eigenvalue weighted by Crippen LogP contribution is -2.80. The minimum Gasteiger partial charge on any atom is -0.423 e. The highest BCUT2D eigenvalue weighted by molar-refractivity contribution is 6.35. The van der Waals surface area contributed by atoms with Crippen molar-refractivity contribution in [2.24, 2.45) is 0 Å². The molecule has 4 rings (SSSR count). The van der Waals surface area contributed by atoms with E-state index in [1.54, 1.807) is 12.1 Å². The average Bonchev–Trinajstić information content (AvgIpc) is 2.63. The SMILES string of the molecule is O=c1cc(C[NH2+]Cc2ccc(Cl)cc2Cl)c2c(ccc3ccccc32)o1. The molecule has 0 unspecified atom stereocenters. The largest absolute Gasteiger partial charge is 0.423 e. The standard InChI is InChI=1S/C21H15Cl2NO2/c22-16-7-5-14(18(23)10-16)11-24-12-15-9-20(25)26-19-8-6-13-3-1-2-4-17(13)21(15)19/h1-10,24H,11-12H2/p+1. The zero-order valence-corrected chi connectivity index (χ0v) is 15.3. The molecule has 130 valence electrons. The molecule has 0 spiro atoms. The van der Waals surface area contributed by atoms with E-state index in [1.165, 1.54) is 0 Å². The summed E-state index contributed by atoms with van der Waals surface area (Å²) in [5.41, 5.74) is 2.25. The maximum Gasteiger partial charge on any atom is 0.336 e. The zero-order valence-electron chi connectivity index (χ0n) is 13.8. The van der Waals surface area contributed by atoms with Crippen LogP contribution in [0.1, 0.15) is 11.1 Å². The molecule has 3 nitrogen and oxygen atoms in total. The van der Waals surface area contributed by atoms with Gasteiger partial charge in [-0.2, -0.15) is 0 Å². The molecule has 3 aromatic carbocycles. The summed E-state index contributed by atoms with van der Waals surface area (Å²) in [6.45, 7) is 1.34. The van der Waals surface area contributed by atoms with Crippen molar-refractivity contribution < 1.29 is 9.73 Å². The van der Waals surface area contributed by atoms with Crippen LogP contribution in [0.2, 0.25) is 10.0 Å². The summed E-state index contributed by atoms with van der Waals surface area (Å²) in [4.78, 5) is 11.9. The summed E-state index contributed by atoms with van der Waals surface area (Å²) in [6, 6.07) is 19.0. The Morgan fingerprint density at radius 2 is 1.69 bits per heavy atom. The first-order valence-corrected chi connectivity index (χ1v) is 9.07. The number of rotatable bonds is 4. The Balaban J connectivity index is 1.69. The van der Waals surface area contributed by atoms with Gasteiger partial charge in [0.1, 0.15) is 18.7 Å². The minimum absolute atomic E-state index is 0.333. The summed E-state index contributed by atoms with van der Waals surface area (Å²) in [5, 5.41) is 6.58. The first-order chi connectivity index (χ1) is 12.6. The molecule has 0 radical (unpaired) electrons. The second kappa shape index (κ2) is 7.12. The molecule has 0 aliphatic rings. The third-order valence-electron chi connectivity index (χ3n) is 4.46. The predicted octanol–water partition coefficient (Wildman–Crippen LogP) is 4.52. The predicted molar refractivity (Wildman–Crippen MR) is 106 cm³/mol. The number of fused-ring (bicyclic) bond motifs is 3. The summed E-state index contributed by atoms with van der Waals surface area (Å²) >= 11 is 12.2. The van der Waals surface area contributed by atoms with Crippen molar-refractivity contribution in [2.75, 3.05) is 0 Å². The number of hydrogen-bond acceptors (Lipinski definition) is 2. The Kier molecular flexibility index (Phi) is 4.68. The molecule has 2 N–H and O–H groups in total. The number of hydrogen-bond donors (Lipinski definition) is 1. The second-order valence-corrected chi connectivity index (χ2v) is 7.03. The van der Waals surface area contributed by atoms with E-state index >= 15 is 0 Å². The Labute approximate surface area is 160 Å². The Bertz CT molecular complexity index is 1170. The molecule has 0 fully saturated rings. The van der Waals surface area contributed by atoms with Gasteiger partial charge in [-0.05, 0) is 29.0 Å². The molecule has 4 aromatic rings. The number of quaternary nitrogens is 1. The van der Waals surface area contributed by atoms with Gasteiger partial charge >= 0.3 is 5.63 Å². The van der Waals surface area contributed by atoms with Crippen LogP contribution in [-0.2, 0) is 13.1 Å². The van der Waals surface area contributed by atoms with E-state index in [9.17, 15) is 4.79 Å².